The fourth-order valence-electron chi connectivity index (χ4n) is 2.29. The number of nitrogens with zero attached hydrogens (tertiary/aromatic N) is 2. The summed E-state index contributed by atoms with van der Waals surface area (Å²) in [5.41, 5.74) is 5.65. The predicted octanol–water partition coefficient (Wildman–Crippen LogP) is 1.95. The summed E-state index contributed by atoms with van der Waals surface area (Å²) in [5, 5.41) is 3.35. The molecule has 17 heavy (non-hydrogen) atoms. The fraction of sp³-hybridized carbons (Fsp3) is 0.615. The maximum absolute atomic E-state index is 5.65. The number of anilines is 2. The van der Waals surface area contributed by atoms with Crippen molar-refractivity contribution in [3.05, 3.63) is 18.2 Å². The molecule has 0 spiro atoms. The van der Waals surface area contributed by atoms with Crippen LogP contribution in [0.25, 0.3) is 0 Å². The summed E-state index contributed by atoms with van der Waals surface area (Å²) in [6.45, 7) is 5.65. The van der Waals surface area contributed by atoms with Crippen LogP contribution < -0.4 is 11.1 Å². The van der Waals surface area contributed by atoms with E-state index in [2.05, 4.69) is 22.1 Å². The minimum absolute atomic E-state index is 0.554. The molecule has 0 amide bonds. The standard InChI is InChI=1S/C13H22N4/c1-11(17-8-3-2-4-9-17)10-15-13-7-5-6-12(14)16-13/h5-7,11H,2-4,8-10H2,1H3,(H3,14,15,16). The molecule has 1 atom stereocenters. The fourth-order valence-corrected chi connectivity index (χ4v) is 2.29. The van der Waals surface area contributed by atoms with E-state index in [1.54, 1.807) is 6.07 Å². The third-order valence-corrected chi connectivity index (χ3v) is 3.36. The minimum atomic E-state index is 0.554. The number of nitrogen functional groups attached to an aromatic ring is 1. The summed E-state index contributed by atoms with van der Waals surface area (Å²) in [6.07, 6.45) is 4.05. The van der Waals surface area contributed by atoms with Crippen molar-refractivity contribution in [2.45, 2.75) is 32.2 Å². The van der Waals surface area contributed by atoms with E-state index in [0.29, 0.717) is 11.9 Å². The molecule has 2 heterocycles. The second-order valence-electron chi connectivity index (χ2n) is 4.77. The molecule has 94 valence electrons. The molecule has 1 aromatic rings. The first-order valence-corrected chi connectivity index (χ1v) is 6.46. The topological polar surface area (TPSA) is 54.2 Å². The van der Waals surface area contributed by atoms with E-state index in [1.165, 1.54) is 32.4 Å². The molecule has 4 heteroatoms. The molecule has 4 nitrogen and oxygen atoms in total. The zero-order valence-electron chi connectivity index (χ0n) is 10.5. The zero-order chi connectivity index (χ0) is 12.1. The summed E-state index contributed by atoms with van der Waals surface area (Å²) < 4.78 is 0. The monoisotopic (exact) mass is 234 g/mol. The van der Waals surface area contributed by atoms with E-state index in [0.717, 1.165) is 12.4 Å². The summed E-state index contributed by atoms with van der Waals surface area (Å²) >= 11 is 0. The number of rotatable bonds is 4. The molecule has 0 aromatic carbocycles. The van der Waals surface area contributed by atoms with Crippen LogP contribution in [0.1, 0.15) is 26.2 Å². The molecule has 0 saturated carbocycles. The normalized spacial score (nSPS) is 18.9. The van der Waals surface area contributed by atoms with Crippen molar-refractivity contribution in [2.24, 2.45) is 0 Å². The summed E-state index contributed by atoms with van der Waals surface area (Å²) in [7, 11) is 0. The van der Waals surface area contributed by atoms with Crippen molar-refractivity contribution < 1.29 is 0 Å². The van der Waals surface area contributed by atoms with Crippen LogP contribution in [0.4, 0.5) is 11.6 Å². The maximum atomic E-state index is 5.65. The molecular formula is C13H22N4. The van der Waals surface area contributed by atoms with E-state index in [-0.39, 0.29) is 0 Å². The number of piperidine rings is 1. The lowest BCUT2D eigenvalue weighted by Gasteiger charge is -2.32. The predicted molar refractivity (Wildman–Crippen MR) is 72.0 cm³/mol. The molecule has 1 saturated heterocycles. The van der Waals surface area contributed by atoms with Crippen LogP contribution in [0.2, 0.25) is 0 Å². The van der Waals surface area contributed by atoms with Gasteiger partial charge in [-0.15, -0.1) is 0 Å². The molecule has 1 unspecified atom stereocenters. The Morgan fingerprint density at radius 3 is 2.82 bits per heavy atom. The van der Waals surface area contributed by atoms with Gasteiger partial charge in [-0.1, -0.05) is 12.5 Å². The van der Waals surface area contributed by atoms with Crippen molar-refractivity contribution in [3.8, 4) is 0 Å². The van der Waals surface area contributed by atoms with Gasteiger partial charge in [-0.05, 0) is 45.0 Å². The first kappa shape index (κ1) is 12.2. The Kier molecular flexibility index (Phi) is 4.20. The lowest BCUT2D eigenvalue weighted by atomic mass is 10.1. The molecule has 0 aliphatic carbocycles. The van der Waals surface area contributed by atoms with Crippen LogP contribution >= 0.6 is 0 Å². The van der Waals surface area contributed by atoms with Gasteiger partial charge in [-0.25, -0.2) is 4.98 Å². The van der Waals surface area contributed by atoms with Gasteiger partial charge in [0.2, 0.25) is 0 Å². The third-order valence-electron chi connectivity index (χ3n) is 3.36. The highest BCUT2D eigenvalue weighted by atomic mass is 15.2. The molecule has 1 aliphatic heterocycles. The average molecular weight is 234 g/mol. The first-order chi connectivity index (χ1) is 8.25. The lowest BCUT2D eigenvalue weighted by Crippen LogP contribution is -2.41. The van der Waals surface area contributed by atoms with Gasteiger partial charge in [-0.2, -0.15) is 0 Å². The number of aromatic nitrogens is 1. The van der Waals surface area contributed by atoms with E-state index < -0.39 is 0 Å². The largest absolute Gasteiger partial charge is 0.384 e. The van der Waals surface area contributed by atoms with Crippen LogP contribution in [0, 0.1) is 0 Å². The summed E-state index contributed by atoms with van der Waals surface area (Å²) in [6, 6.07) is 6.24. The van der Waals surface area contributed by atoms with Gasteiger partial charge in [0.1, 0.15) is 11.6 Å². The Morgan fingerprint density at radius 1 is 1.35 bits per heavy atom. The van der Waals surface area contributed by atoms with E-state index >= 15 is 0 Å². The highest BCUT2D eigenvalue weighted by molar-refractivity contribution is 5.42. The van der Waals surface area contributed by atoms with Crippen LogP contribution in [0.5, 0.6) is 0 Å². The van der Waals surface area contributed by atoms with Crippen molar-refractivity contribution in [1.82, 2.24) is 9.88 Å². The highest BCUT2D eigenvalue weighted by Crippen LogP contribution is 2.13. The second kappa shape index (κ2) is 5.87. The van der Waals surface area contributed by atoms with Gasteiger partial charge < -0.3 is 11.1 Å². The molecule has 0 bridgehead atoms. The minimum Gasteiger partial charge on any atom is -0.384 e. The molecular weight excluding hydrogens is 212 g/mol. The quantitative estimate of drug-likeness (QED) is 0.836. The number of pyridine rings is 1. The highest BCUT2D eigenvalue weighted by Gasteiger charge is 2.16. The Morgan fingerprint density at radius 2 is 2.12 bits per heavy atom. The van der Waals surface area contributed by atoms with Gasteiger partial charge in [0.25, 0.3) is 0 Å². The van der Waals surface area contributed by atoms with Crippen LogP contribution in [0.15, 0.2) is 18.2 Å². The zero-order valence-corrected chi connectivity index (χ0v) is 10.5. The van der Waals surface area contributed by atoms with Crippen LogP contribution in [-0.2, 0) is 0 Å². The van der Waals surface area contributed by atoms with Gasteiger partial charge in [0, 0.05) is 12.6 Å². The Bertz CT molecular complexity index is 347. The van der Waals surface area contributed by atoms with Gasteiger partial charge >= 0.3 is 0 Å². The van der Waals surface area contributed by atoms with Gasteiger partial charge in [0.05, 0.1) is 0 Å². The third kappa shape index (κ3) is 3.60. The van der Waals surface area contributed by atoms with Crippen molar-refractivity contribution in [3.63, 3.8) is 0 Å². The van der Waals surface area contributed by atoms with Crippen LogP contribution in [0.3, 0.4) is 0 Å². The summed E-state index contributed by atoms with van der Waals surface area (Å²) in [4.78, 5) is 6.78. The van der Waals surface area contributed by atoms with Gasteiger partial charge in [-0.3, -0.25) is 4.90 Å². The Hall–Kier alpha value is -1.29. The summed E-state index contributed by atoms with van der Waals surface area (Å²) in [5.74, 6) is 1.44. The smallest absolute Gasteiger partial charge is 0.128 e. The molecule has 2 rings (SSSR count). The Balaban J connectivity index is 1.80. The number of hydrogen-bond donors (Lipinski definition) is 2. The van der Waals surface area contributed by atoms with Crippen molar-refractivity contribution >= 4 is 11.6 Å². The molecule has 0 radical (unpaired) electrons. The van der Waals surface area contributed by atoms with Crippen molar-refractivity contribution in [2.75, 3.05) is 30.7 Å². The molecule has 1 aromatic heterocycles. The molecule has 1 fully saturated rings. The van der Waals surface area contributed by atoms with E-state index in [1.807, 2.05) is 12.1 Å². The molecule has 3 N–H and O–H groups in total. The number of nitrogens with two attached hydrogens (primary N) is 1. The average Bonchev–Trinajstić information content (AvgIpc) is 2.37. The maximum Gasteiger partial charge on any atom is 0.128 e. The second-order valence-corrected chi connectivity index (χ2v) is 4.77. The number of hydrogen-bond acceptors (Lipinski definition) is 4. The Labute approximate surface area is 103 Å². The SMILES string of the molecule is CC(CNc1cccc(N)n1)N1CCCCC1. The van der Waals surface area contributed by atoms with E-state index in [4.69, 9.17) is 5.73 Å². The first-order valence-electron chi connectivity index (χ1n) is 6.46. The van der Waals surface area contributed by atoms with Gasteiger partial charge in [0.15, 0.2) is 0 Å². The van der Waals surface area contributed by atoms with Crippen molar-refractivity contribution in [1.29, 1.82) is 0 Å². The number of likely N-dealkylation sites (tertiary alicyclic amines) is 1. The van der Waals surface area contributed by atoms with E-state index in [9.17, 15) is 0 Å². The lowest BCUT2D eigenvalue weighted by molar-refractivity contribution is 0.180. The number of nitrogens with one attached hydrogen (secondary N) is 1. The molecule has 1 aliphatic rings. The van der Waals surface area contributed by atoms with Crippen LogP contribution in [-0.4, -0.2) is 35.6 Å².